The lowest BCUT2D eigenvalue weighted by atomic mass is 10.2. The summed E-state index contributed by atoms with van der Waals surface area (Å²) in [6.45, 7) is 0. The molecule has 3 N–H and O–H groups in total. The molecule has 0 saturated carbocycles. The van der Waals surface area contributed by atoms with Gasteiger partial charge in [0.05, 0.1) is 28.1 Å². The molecule has 5 heteroatoms. The number of likely N-dealkylation sites (N-methyl/N-ethyl adjacent to an activating group) is 1. The number of fused-ring (bicyclic) bond motifs is 2. The molecule has 4 rings (SSSR count). The van der Waals surface area contributed by atoms with Gasteiger partial charge in [0.25, 0.3) is 0 Å². The lowest BCUT2D eigenvalue weighted by Gasteiger charge is -2.11. The quantitative estimate of drug-likeness (QED) is 0.541. The van der Waals surface area contributed by atoms with E-state index in [0.717, 1.165) is 40.1 Å². The number of nitrogens with zero attached hydrogens (tertiary/aromatic N) is 2. The van der Waals surface area contributed by atoms with Crippen LogP contribution in [0.5, 0.6) is 0 Å². The van der Waals surface area contributed by atoms with E-state index in [-0.39, 0.29) is 6.04 Å². The zero-order valence-electron chi connectivity index (χ0n) is 12.3. The molecule has 2 heterocycles. The summed E-state index contributed by atoms with van der Waals surface area (Å²) >= 11 is 0. The Balaban J connectivity index is 1.66. The van der Waals surface area contributed by atoms with Gasteiger partial charge in [0.2, 0.25) is 0 Å². The molecule has 5 nitrogen and oxygen atoms in total. The van der Waals surface area contributed by atoms with Crippen molar-refractivity contribution in [3.8, 4) is 0 Å². The second-order valence-corrected chi connectivity index (χ2v) is 5.39. The number of benzene rings is 2. The van der Waals surface area contributed by atoms with E-state index in [4.69, 9.17) is 0 Å². The van der Waals surface area contributed by atoms with Crippen LogP contribution in [0.3, 0.4) is 0 Å². The van der Waals surface area contributed by atoms with E-state index in [1.165, 1.54) is 0 Å². The summed E-state index contributed by atoms with van der Waals surface area (Å²) in [7, 11) is 1.94. The van der Waals surface area contributed by atoms with E-state index in [0.29, 0.717) is 0 Å². The molecule has 1 atom stereocenters. The van der Waals surface area contributed by atoms with Gasteiger partial charge in [-0.3, -0.25) is 0 Å². The molecule has 110 valence electrons. The molecule has 0 amide bonds. The van der Waals surface area contributed by atoms with Crippen LogP contribution in [0.1, 0.15) is 17.7 Å². The molecule has 22 heavy (non-hydrogen) atoms. The molecule has 1 unspecified atom stereocenters. The molecule has 2 aromatic heterocycles. The van der Waals surface area contributed by atoms with E-state index in [2.05, 4.69) is 25.3 Å². The minimum absolute atomic E-state index is 0.0907. The highest BCUT2D eigenvalue weighted by atomic mass is 15.0. The summed E-state index contributed by atoms with van der Waals surface area (Å²) in [5.41, 5.74) is 4.11. The number of hydrogen-bond acceptors (Lipinski definition) is 3. The third-order valence-electron chi connectivity index (χ3n) is 3.92. The summed E-state index contributed by atoms with van der Waals surface area (Å²) < 4.78 is 0. The maximum atomic E-state index is 4.67. The average molecular weight is 291 g/mol. The van der Waals surface area contributed by atoms with Gasteiger partial charge >= 0.3 is 0 Å². The number of H-pyrrole nitrogens is 2. The largest absolute Gasteiger partial charge is 0.342 e. The van der Waals surface area contributed by atoms with Crippen LogP contribution in [-0.4, -0.2) is 27.0 Å². The monoisotopic (exact) mass is 291 g/mol. The van der Waals surface area contributed by atoms with Crippen molar-refractivity contribution in [1.29, 1.82) is 0 Å². The number of hydrogen-bond donors (Lipinski definition) is 3. The van der Waals surface area contributed by atoms with Crippen molar-refractivity contribution in [1.82, 2.24) is 25.3 Å². The topological polar surface area (TPSA) is 69.4 Å². The fourth-order valence-electron chi connectivity index (χ4n) is 2.77. The maximum absolute atomic E-state index is 4.67. The lowest BCUT2D eigenvalue weighted by Crippen LogP contribution is -2.20. The normalized spacial score (nSPS) is 13.0. The number of aromatic nitrogens is 4. The van der Waals surface area contributed by atoms with Crippen molar-refractivity contribution in [2.75, 3.05) is 7.05 Å². The Labute approximate surface area is 127 Å². The van der Waals surface area contributed by atoms with Gasteiger partial charge in [-0.05, 0) is 31.3 Å². The van der Waals surface area contributed by atoms with Crippen molar-refractivity contribution in [3.63, 3.8) is 0 Å². The van der Waals surface area contributed by atoms with Gasteiger partial charge in [0.1, 0.15) is 11.6 Å². The molecule has 0 saturated heterocycles. The molecule has 2 aromatic carbocycles. The highest BCUT2D eigenvalue weighted by Gasteiger charge is 2.16. The van der Waals surface area contributed by atoms with Crippen LogP contribution in [0.4, 0.5) is 0 Å². The third-order valence-corrected chi connectivity index (χ3v) is 3.92. The van der Waals surface area contributed by atoms with Crippen LogP contribution >= 0.6 is 0 Å². The molecule has 0 bridgehead atoms. The number of aromatic amines is 2. The van der Waals surface area contributed by atoms with Crippen molar-refractivity contribution in [2.45, 2.75) is 12.5 Å². The van der Waals surface area contributed by atoms with Crippen LogP contribution in [0.2, 0.25) is 0 Å². The molecule has 0 aliphatic heterocycles. The van der Waals surface area contributed by atoms with E-state index in [9.17, 15) is 0 Å². The van der Waals surface area contributed by atoms with Crippen LogP contribution in [0, 0.1) is 0 Å². The number of para-hydroxylation sites is 4. The predicted molar refractivity (Wildman–Crippen MR) is 87.7 cm³/mol. The standard InChI is InChI=1S/C17H17N5/c1-18-15(17-21-13-8-4-5-9-14(13)22-17)10-16-19-11-6-2-3-7-12(11)20-16/h2-9,15,18H,10H2,1H3,(H,19,20)(H,21,22). The first-order valence-electron chi connectivity index (χ1n) is 7.39. The summed E-state index contributed by atoms with van der Waals surface area (Å²) in [4.78, 5) is 16.1. The van der Waals surface area contributed by atoms with Crippen molar-refractivity contribution in [3.05, 3.63) is 60.2 Å². The van der Waals surface area contributed by atoms with Gasteiger partial charge < -0.3 is 15.3 Å². The molecule has 4 aromatic rings. The van der Waals surface area contributed by atoms with Gasteiger partial charge in [-0.2, -0.15) is 0 Å². The molecular weight excluding hydrogens is 274 g/mol. The van der Waals surface area contributed by atoms with Gasteiger partial charge in [-0.25, -0.2) is 9.97 Å². The Kier molecular flexibility index (Phi) is 3.12. The highest BCUT2D eigenvalue weighted by Crippen LogP contribution is 2.20. The Morgan fingerprint density at radius 1 is 0.909 bits per heavy atom. The summed E-state index contributed by atoms with van der Waals surface area (Å²) in [5, 5.41) is 3.32. The molecule has 0 fully saturated rings. The predicted octanol–water partition coefficient (Wildman–Crippen LogP) is 2.94. The van der Waals surface area contributed by atoms with Gasteiger partial charge in [-0.15, -0.1) is 0 Å². The minimum Gasteiger partial charge on any atom is -0.342 e. The van der Waals surface area contributed by atoms with Crippen LogP contribution in [0.25, 0.3) is 22.1 Å². The van der Waals surface area contributed by atoms with Crippen molar-refractivity contribution < 1.29 is 0 Å². The molecule has 0 aliphatic carbocycles. The van der Waals surface area contributed by atoms with Crippen LogP contribution in [-0.2, 0) is 6.42 Å². The Hall–Kier alpha value is -2.66. The number of imidazole rings is 2. The first-order valence-corrected chi connectivity index (χ1v) is 7.39. The summed E-state index contributed by atoms with van der Waals surface area (Å²) in [6.07, 6.45) is 0.755. The SMILES string of the molecule is CNC(Cc1nc2ccccc2[nH]1)c1nc2ccccc2[nH]1. The fourth-order valence-corrected chi connectivity index (χ4v) is 2.77. The summed E-state index contributed by atoms with van der Waals surface area (Å²) in [5.74, 6) is 1.89. The molecule has 0 spiro atoms. The van der Waals surface area contributed by atoms with Crippen molar-refractivity contribution in [2.24, 2.45) is 0 Å². The van der Waals surface area contributed by atoms with E-state index in [1.54, 1.807) is 0 Å². The molecular formula is C17H17N5. The number of nitrogens with one attached hydrogen (secondary N) is 3. The lowest BCUT2D eigenvalue weighted by molar-refractivity contribution is 0.553. The third kappa shape index (κ3) is 2.25. The Bertz CT molecular complexity index is 855. The smallest absolute Gasteiger partial charge is 0.124 e. The first kappa shape index (κ1) is 13.0. The van der Waals surface area contributed by atoms with E-state index >= 15 is 0 Å². The molecule has 0 radical (unpaired) electrons. The van der Waals surface area contributed by atoms with Gasteiger partial charge in [-0.1, -0.05) is 24.3 Å². The van der Waals surface area contributed by atoms with Crippen molar-refractivity contribution >= 4 is 22.1 Å². The minimum atomic E-state index is 0.0907. The maximum Gasteiger partial charge on any atom is 0.124 e. The second kappa shape index (κ2) is 5.27. The summed E-state index contributed by atoms with van der Waals surface area (Å²) in [6, 6.07) is 16.2. The van der Waals surface area contributed by atoms with E-state index in [1.807, 2.05) is 55.6 Å². The second-order valence-electron chi connectivity index (χ2n) is 5.39. The van der Waals surface area contributed by atoms with Gasteiger partial charge in [0, 0.05) is 6.42 Å². The average Bonchev–Trinajstić information content (AvgIpc) is 3.15. The Morgan fingerprint density at radius 3 is 2.18 bits per heavy atom. The zero-order valence-corrected chi connectivity index (χ0v) is 12.3. The Morgan fingerprint density at radius 2 is 1.55 bits per heavy atom. The van der Waals surface area contributed by atoms with Gasteiger partial charge in [0.15, 0.2) is 0 Å². The van der Waals surface area contributed by atoms with Crippen LogP contribution < -0.4 is 5.32 Å². The fraction of sp³-hybridized carbons (Fsp3) is 0.176. The zero-order chi connectivity index (χ0) is 14.9. The van der Waals surface area contributed by atoms with E-state index < -0.39 is 0 Å². The van der Waals surface area contributed by atoms with Crippen LogP contribution in [0.15, 0.2) is 48.5 Å². The first-order chi connectivity index (χ1) is 10.8. The molecule has 0 aliphatic rings. The number of rotatable bonds is 4. The highest BCUT2D eigenvalue weighted by molar-refractivity contribution is 5.75.